The molecule has 26 heavy (non-hydrogen) atoms. The van der Waals surface area contributed by atoms with Gasteiger partial charge in [0.15, 0.2) is 0 Å². The van der Waals surface area contributed by atoms with Crippen molar-refractivity contribution in [2.75, 3.05) is 5.01 Å². The fourth-order valence-electron chi connectivity index (χ4n) is 2.68. The zero-order valence-electron chi connectivity index (χ0n) is 14.2. The van der Waals surface area contributed by atoms with E-state index in [2.05, 4.69) is 26.7 Å². The van der Waals surface area contributed by atoms with E-state index in [4.69, 9.17) is 0 Å². The summed E-state index contributed by atoms with van der Waals surface area (Å²) >= 11 is 3.42. The predicted octanol–water partition coefficient (Wildman–Crippen LogP) is 3.10. The number of halogens is 1. The molecule has 2 N–H and O–H groups in total. The highest BCUT2D eigenvalue weighted by Crippen LogP contribution is 2.20. The summed E-state index contributed by atoms with van der Waals surface area (Å²) in [5, 5.41) is 4.16. The van der Waals surface area contributed by atoms with Crippen LogP contribution in [0.2, 0.25) is 0 Å². The lowest BCUT2D eigenvalue weighted by atomic mass is 10.1. The Kier molecular flexibility index (Phi) is 5.37. The molecule has 7 heteroatoms. The van der Waals surface area contributed by atoms with Gasteiger partial charge >= 0.3 is 0 Å². The van der Waals surface area contributed by atoms with Crippen LogP contribution in [0.5, 0.6) is 0 Å². The summed E-state index contributed by atoms with van der Waals surface area (Å²) in [6.07, 6.45) is 0.377. The Morgan fingerprint density at radius 2 is 1.88 bits per heavy atom. The van der Waals surface area contributed by atoms with Gasteiger partial charge in [-0.1, -0.05) is 28.1 Å². The van der Waals surface area contributed by atoms with Crippen molar-refractivity contribution in [2.24, 2.45) is 0 Å². The Morgan fingerprint density at radius 1 is 1.15 bits per heavy atom. The number of hydrogen-bond acceptors (Lipinski definition) is 3. The third-order valence-electron chi connectivity index (χ3n) is 4.14. The first-order valence-electron chi connectivity index (χ1n) is 8.23. The van der Waals surface area contributed by atoms with Crippen molar-refractivity contribution in [3.8, 4) is 0 Å². The highest BCUT2D eigenvalue weighted by atomic mass is 79.9. The molecule has 0 spiro atoms. The lowest BCUT2D eigenvalue weighted by Gasteiger charge is -2.27. The molecule has 0 aliphatic carbocycles. The minimum absolute atomic E-state index is 0.150. The van der Waals surface area contributed by atoms with E-state index >= 15 is 0 Å². The molecule has 0 aromatic heterocycles. The molecule has 0 bridgehead atoms. The number of amides is 3. The normalized spacial score (nSPS) is 15.4. The van der Waals surface area contributed by atoms with Gasteiger partial charge in [-0.2, -0.15) is 0 Å². The van der Waals surface area contributed by atoms with Crippen LogP contribution in [0, 0.1) is 0 Å². The second-order valence-electron chi connectivity index (χ2n) is 6.06. The fraction of sp³-hybridized carbons (Fsp3) is 0.211. The van der Waals surface area contributed by atoms with Crippen LogP contribution in [-0.2, 0) is 9.59 Å². The van der Waals surface area contributed by atoms with Crippen molar-refractivity contribution < 1.29 is 14.4 Å². The number of rotatable bonds is 4. The van der Waals surface area contributed by atoms with Crippen molar-refractivity contribution in [3.63, 3.8) is 0 Å². The first kappa shape index (κ1) is 18.1. The highest BCUT2D eigenvalue weighted by molar-refractivity contribution is 9.10. The summed E-state index contributed by atoms with van der Waals surface area (Å²) in [5.74, 6) is -0.586. The molecule has 3 amide bonds. The van der Waals surface area contributed by atoms with Gasteiger partial charge in [0, 0.05) is 22.9 Å². The van der Waals surface area contributed by atoms with E-state index in [1.807, 2.05) is 31.2 Å². The lowest BCUT2D eigenvalue weighted by Crippen LogP contribution is -2.50. The molecule has 1 atom stereocenters. The molecule has 2 aromatic rings. The molecule has 0 saturated carbocycles. The summed E-state index contributed by atoms with van der Waals surface area (Å²) in [4.78, 5) is 35.8. The molecule has 3 rings (SSSR count). The molecule has 1 unspecified atom stereocenters. The first-order valence-corrected chi connectivity index (χ1v) is 9.02. The molecule has 0 radical (unpaired) electrons. The number of anilines is 1. The zero-order chi connectivity index (χ0) is 18.7. The highest BCUT2D eigenvalue weighted by Gasteiger charge is 2.24. The Morgan fingerprint density at radius 3 is 2.58 bits per heavy atom. The number of hydrazine groups is 1. The average molecular weight is 416 g/mol. The monoisotopic (exact) mass is 415 g/mol. The molecular weight excluding hydrogens is 398 g/mol. The van der Waals surface area contributed by atoms with Gasteiger partial charge in [-0.25, -0.2) is 5.01 Å². The molecule has 1 aliphatic rings. The Hall–Kier alpha value is -2.67. The quantitative estimate of drug-likeness (QED) is 0.804. The van der Waals surface area contributed by atoms with Gasteiger partial charge in [0.25, 0.3) is 5.91 Å². The lowest BCUT2D eigenvalue weighted by molar-refractivity contribution is -0.130. The van der Waals surface area contributed by atoms with E-state index in [0.29, 0.717) is 11.3 Å². The Balaban J connectivity index is 1.69. The van der Waals surface area contributed by atoms with Crippen molar-refractivity contribution in [1.82, 2.24) is 10.7 Å². The Bertz CT molecular complexity index is 851. The molecule has 1 fully saturated rings. The van der Waals surface area contributed by atoms with Gasteiger partial charge in [0.2, 0.25) is 11.8 Å². The SMILES string of the molecule is CC(NC(=O)c1ccc(N2NC(=O)CCC2=O)cc1)c1cccc(Br)c1. The zero-order valence-corrected chi connectivity index (χ0v) is 15.7. The molecule has 134 valence electrons. The summed E-state index contributed by atoms with van der Waals surface area (Å²) in [7, 11) is 0. The van der Waals surface area contributed by atoms with Gasteiger partial charge < -0.3 is 5.32 Å². The number of carbonyl (C=O) groups excluding carboxylic acids is 3. The topological polar surface area (TPSA) is 78.5 Å². The third kappa shape index (κ3) is 4.11. The summed E-state index contributed by atoms with van der Waals surface area (Å²) in [5.41, 5.74) is 4.53. The third-order valence-corrected chi connectivity index (χ3v) is 4.63. The fourth-order valence-corrected chi connectivity index (χ4v) is 3.10. The largest absolute Gasteiger partial charge is 0.346 e. The maximum absolute atomic E-state index is 12.4. The summed E-state index contributed by atoms with van der Waals surface area (Å²) in [6, 6.07) is 14.1. The molecule has 6 nitrogen and oxygen atoms in total. The molecule has 1 saturated heterocycles. The van der Waals surface area contributed by atoms with Crippen LogP contribution in [0.1, 0.15) is 41.7 Å². The second kappa shape index (κ2) is 7.70. The molecular formula is C19H18BrN3O3. The standard InChI is InChI=1S/C19H18BrN3O3/c1-12(14-3-2-4-15(20)11-14)21-19(26)13-5-7-16(8-6-13)23-18(25)10-9-17(24)22-23/h2-8,11-12H,9-10H2,1H3,(H,21,26)(H,22,24). The van der Waals surface area contributed by atoms with E-state index in [1.54, 1.807) is 24.3 Å². The van der Waals surface area contributed by atoms with Crippen LogP contribution in [0.25, 0.3) is 0 Å². The summed E-state index contributed by atoms with van der Waals surface area (Å²) < 4.78 is 0.952. The van der Waals surface area contributed by atoms with E-state index in [0.717, 1.165) is 10.0 Å². The number of nitrogens with zero attached hydrogens (tertiary/aromatic N) is 1. The van der Waals surface area contributed by atoms with Crippen LogP contribution in [0.3, 0.4) is 0 Å². The van der Waals surface area contributed by atoms with Crippen LogP contribution in [-0.4, -0.2) is 17.7 Å². The smallest absolute Gasteiger partial charge is 0.251 e. The van der Waals surface area contributed by atoms with Gasteiger partial charge in [0.1, 0.15) is 0 Å². The van der Waals surface area contributed by atoms with Gasteiger partial charge in [-0.05, 0) is 48.9 Å². The first-order chi connectivity index (χ1) is 12.4. The van der Waals surface area contributed by atoms with Crippen LogP contribution < -0.4 is 15.8 Å². The number of nitrogens with one attached hydrogen (secondary N) is 2. The van der Waals surface area contributed by atoms with E-state index in [-0.39, 0.29) is 36.6 Å². The predicted molar refractivity (Wildman–Crippen MR) is 101 cm³/mol. The van der Waals surface area contributed by atoms with Crippen LogP contribution in [0.15, 0.2) is 53.0 Å². The van der Waals surface area contributed by atoms with Gasteiger partial charge in [0.05, 0.1) is 11.7 Å². The number of carbonyl (C=O) groups is 3. The number of benzene rings is 2. The van der Waals surface area contributed by atoms with Crippen molar-refractivity contribution in [3.05, 3.63) is 64.1 Å². The van der Waals surface area contributed by atoms with Crippen LogP contribution >= 0.6 is 15.9 Å². The van der Waals surface area contributed by atoms with E-state index in [1.165, 1.54) is 5.01 Å². The summed E-state index contributed by atoms with van der Waals surface area (Å²) in [6.45, 7) is 1.91. The van der Waals surface area contributed by atoms with Crippen LogP contribution in [0.4, 0.5) is 5.69 Å². The number of hydrogen-bond donors (Lipinski definition) is 2. The van der Waals surface area contributed by atoms with Crippen molar-refractivity contribution in [2.45, 2.75) is 25.8 Å². The minimum Gasteiger partial charge on any atom is -0.346 e. The molecule has 1 heterocycles. The van der Waals surface area contributed by atoms with E-state index < -0.39 is 0 Å². The Labute approximate surface area is 159 Å². The maximum Gasteiger partial charge on any atom is 0.251 e. The average Bonchev–Trinajstić information content (AvgIpc) is 2.64. The maximum atomic E-state index is 12.4. The van der Waals surface area contributed by atoms with E-state index in [9.17, 15) is 14.4 Å². The van der Waals surface area contributed by atoms with Gasteiger partial charge in [-0.3, -0.25) is 19.8 Å². The van der Waals surface area contributed by atoms with Gasteiger partial charge in [-0.15, -0.1) is 0 Å². The molecule has 1 aliphatic heterocycles. The van der Waals surface area contributed by atoms with Crippen molar-refractivity contribution >= 4 is 39.3 Å². The second-order valence-corrected chi connectivity index (χ2v) is 6.98. The minimum atomic E-state index is -0.210. The molecule has 2 aromatic carbocycles. The van der Waals surface area contributed by atoms with Crippen molar-refractivity contribution in [1.29, 1.82) is 0 Å².